The average molecular weight is 346 g/mol. The number of hydrogen-bond donors (Lipinski definition) is 1. The molecule has 2 heterocycles. The van der Waals surface area contributed by atoms with Gasteiger partial charge in [-0.3, -0.25) is 0 Å². The van der Waals surface area contributed by atoms with Gasteiger partial charge in [-0.15, -0.1) is 6.42 Å². The van der Waals surface area contributed by atoms with Gasteiger partial charge >= 0.3 is 0 Å². The van der Waals surface area contributed by atoms with Gasteiger partial charge in [0.1, 0.15) is 18.2 Å². The van der Waals surface area contributed by atoms with Crippen LogP contribution in [0.1, 0.15) is 0 Å². The Hall–Kier alpha value is -2.97. The highest BCUT2D eigenvalue weighted by Gasteiger charge is 2.15. The molecule has 0 amide bonds. The van der Waals surface area contributed by atoms with Crippen molar-refractivity contribution < 1.29 is 4.74 Å². The van der Waals surface area contributed by atoms with Crippen LogP contribution in [0.3, 0.4) is 0 Å². The fourth-order valence-corrected chi connectivity index (χ4v) is 3.23. The number of hydrogen-bond acceptors (Lipinski definition) is 4. The van der Waals surface area contributed by atoms with Crippen molar-refractivity contribution in [2.24, 2.45) is 0 Å². The van der Waals surface area contributed by atoms with Gasteiger partial charge in [0, 0.05) is 37.4 Å². The van der Waals surface area contributed by atoms with E-state index < -0.39 is 0 Å². The molecule has 0 unspecified atom stereocenters. The predicted molar refractivity (Wildman–Crippen MR) is 106 cm³/mol. The number of aromatic amines is 1. The molecular formula is C21H22N4O. The SMILES string of the molecule is C#CCOc1ccc(-c2nc3ccc(N4CCN(C)CC4)cc3[nH]2)cc1. The Balaban J connectivity index is 1.56. The van der Waals surface area contributed by atoms with Crippen LogP contribution in [0.2, 0.25) is 0 Å². The molecule has 5 heteroatoms. The van der Waals surface area contributed by atoms with Crippen molar-refractivity contribution in [2.75, 3.05) is 44.7 Å². The van der Waals surface area contributed by atoms with E-state index in [9.17, 15) is 0 Å². The van der Waals surface area contributed by atoms with Crippen LogP contribution in [0.5, 0.6) is 5.75 Å². The monoisotopic (exact) mass is 346 g/mol. The lowest BCUT2D eigenvalue weighted by molar-refractivity contribution is 0.313. The van der Waals surface area contributed by atoms with E-state index in [1.54, 1.807) is 0 Å². The maximum Gasteiger partial charge on any atom is 0.148 e. The quantitative estimate of drug-likeness (QED) is 0.738. The lowest BCUT2D eigenvalue weighted by atomic mass is 10.2. The molecule has 0 bridgehead atoms. The zero-order valence-electron chi connectivity index (χ0n) is 14.9. The minimum atomic E-state index is 0.277. The summed E-state index contributed by atoms with van der Waals surface area (Å²) in [5.41, 5.74) is 4.31. The summed E-state index contributed by atoms with van der Waals surface area (Å²) in [5, 5.41) is 0. The number of benzene rings is 2. The third-order valence-electron chi connectivity index (χ3n) is 4.78. The minimum absolute atomic E-state index is 0.277. The molecule has 0 aliphatic carbocycles. The summed E-state index contributed by atoms with van der Waals surface area (Å²) in [6.45, 7) is 4.59. The van der Waals surface area contributed by atoms with E-state index in [1.165, 1.54) is 5.69 Å². The fourth-order valence-electron chi connectivity index (χ4n) is 3.23. The molecule has 3 aromatic rings. The number of H-pyrrole nitrogens is 1. The van der Waals surface area contributed by atoms with Gasteiger partial charge in [0.15, 0.2) is 0 Å². The highest BCUT2D eigenvalue weighted by molar-refractivity contribution is 5.83. The summed E-state index contributed by atoms with van der Waals surface area (Å²) in [7, 11) is 2.17. The second-order valence-corrected chi connectivity index (χ2v) is 6.59. The van der Waals surface area contributed by atoms with Gasteiger partial charge in [-0.1, -0.05) is 5.92 Å². The first-order chi connectivity index (χ1) is 12.7. The number of nitrogens with one attached hydrogen (secondary N) is 1. The summed E-state index contributed by atoms with van der Waals surface area (Å²) in [5.74, 6) is 4.09. The minimum Gasteiger partial charge on any atom is -0.481 e. The van der Waals surface area contributed by atoms with Crippen LogP contribution in [-0.2, 0) is 0 Å². The lowest BCUT2D eigenvalue weighted by Crippen LogP contribution is -2.44. The van der Waals surface area contributed by atoms with Crippen LogP contribution >= 0.6 is 0 Å². The van der Waals surface area contributed by atoms with Gasteiger partial charge in [-0.25, -0.2) is 4.98 Å². The maximum absolute atomic E-state index is 5.42. The molecule has 1 saturated heterocycles. The largest absolute Gasteiger partial charge is 0.481 e. The number of terminal acetylenes is 1. The van der Waals surface area contributed by atoms with E-state index in [4.69, 9.17) is 16.1 Å². The van der Waals surface area contributed by atoms with E-state index in [2.05, 4.69) is 46.0 Å². The third kappa shape index (κ3) is 3.37. The van der Waals surface area contributed by atoms with Gasteiger partial charge in [0.25, 0.3) is 0 Å². The summed E-state index contributed by atoms with van der Waals surface area (Å²) in [4.78, 5) is 12.9. The number of likely N-dealkylation sites (N-methyl/N-ethyl adjacent to an activating group) is 1. The Morgan fingerprint density at radius 1 is 1.12 bits per heavy atom. The molecule has 1 fully saturated rings. The van der Waals surface area contributed by atoms with Crippen molar-refractivity contribution >= 4 is 16.7 Å². The van der Waals surface area contributed by atoms with Crippen LogP contribution in [0.15, 0.2) is 42.5 Å². The van der Waals surface area contributed by atoms with Crippen molar-refractivity contribution in [3.63, 3.8) is 0 Å². The molecule has 1 aliphatic heterocycles. The molecule has 2 aromatic carbocycles. The van der Waals surface area contributed by atoms with Gasteiger partial charge in [-0.2, -0.15) is 0 Å². The van der Waals surface area contributed by atoms with Crippen molar-refractivity contribution in [2.45, 2.75) is 0 Å². The number of imidazole rings is 1. The predicted octanol–water partition coefficient (Wildman–Crippen LogP) is 2.99. The van der Waals surface area contributed by atoms with Crippen LogP contribution in [0.4, 0.5) is 5.69 Å². The lowest BCUT2D eigenvalue weighted by Gasteiger charge is -2.34. The fraction of sp³-hybridized carbons (Fsp3) is 0.286. The third-order valence-corrected chi connectivity index (χ3v) is 4.78. The Kier molecular flexibility index (Phi) is 4.51. The Morgan fingerprint density at radius 3 is 2.62 bits per heavy atom. The Bertz CT molecular complexity index is 931. The number of anilines is 1. The molecular weight excluding hydrogens is 324 g/mol. The van der Waals surface area contributed by atoms with E-state index in [-0.39, 0.29) is 6.61 Å². The standard InChI is InChI=1S/C21H22N4O/c1-3-14-26-18-7-4-16(5-8-18)21-22-19-9-6-17(15-20(19)23-21)25-12-10-24(2)11-13-25/h1,4-9,15H,10-14H2,2H3,(H,22,23). The van der Waals surface area contributed by atoms with Gasteiger partial charge < -0.3 is 19.5 Å². The van der Waals surface area contributed by atoms with Crippen molar-refractivity contribution in [3.8, 4) is 29.5 Å². The second kappa shape index (κ2) is 7.11. The van der Waals surface area contributed by atoms with Crippen molar-refractivity contribution in [3.05, 3.63) is 42.5 Å². The number of rotatable bonds is 4. The van der Waals surface area contributed by atoms with Crippen LogP contribution < -0.4 is 9.64 Å². The first kappa shape index (κ1) is 16.5. The molecule has 5 nitrogen and oxygen atoms in total. The summed E-state index contributed by atoms with van der Waals surface area (Å²) in [6, 6.07) is 14.3. The maximum atomic E-state index is 5.42. The van der Waals surface area contributed by atoms with Crippen molar-refractivity contribution in [1.29, 1.82) is 0 Å². The molecule has 1 aliphatic rings. The Labute approximate surface area is 153 Å². The van der Waals surface area contributed by atoms with Gasteiger partial charge in [0.05, 0.1) is 11.0 Å². The number of piperazine rings is 1. The van der Waals surface area contributed by atoms with E-state index >= 15 is 0 Å². The normalized spacial score (nSPS) is 15.2. The molecule has 132 valence electrons. The van der Waals surface area contributed by atoms with E-state index in [0.29, 0.717) is 0 Å². The smallest absolute Gasteiger partial charge is 0.148 e. The van der Waals surface area contributed by atoms with E-state index in [1.807, 2.05) is 24.3 Å². The number of ether oxygens (including phenoxy) is 1. The highest BCUT2D eigenvalue weighted by atomic mass is 16.5. The van der Waals surface area contributed by atoms with Crippen LogP contribution in [-0.4, -0.2) is 54.7 Å². The molecule has 0 spiro atoms. The zero-order chi connectivity index (χ0) is 17.9. The molecule has 26 heavy (non-hydrogen) atoms. The van der Waals surface area contributed by atoms with Crippen LogP contribution in [0, 0.1) is 12.3 Å². The van der Waals surface area contributed by atoms with Gasteiger partial charge in [0.2, 0.25) is 0 Å². The molecule has 0 atom stereocenters. The molecule has 1 N–H and O–H groups in total. The molecule has 4 rings (SSSR count). The summed E-state index contributed by atoms with van der Waals surface area (Å²) in [6.07, 6.45) is 5.22. The number of nitrogens with zero attached hydrogens (tertiary/aromatic N) is 3. The first-order valence-electron chi connectivity index (χ1n) is 8.83. The first-order valence-corrected chi connectivity index (χ1v) is 8.83. The summed E-state index contributed by atoms with van der Waals surface area (Å²) < 4.78 is 5.42. The molecule has 0 saturated carbocycles. The second-order valence-electron chi connectivity index (χ2n) is 6.59. The Morgan fingerprint density at radius 2 is 1.88 bits per heavy atom. The van der Waals surface area contributed by atoms with Crippen molar-refractivity contribution in [1.82, 2.24) is 14.9 Å². The highest BCUT2D eigenvalue weighted by Crippen LogP contribution is 2.26. The average Bonchev–Trinajstić information content (AvgIpc) is 3.10. The van der Waals surface area contributed by atoms with E-state index in [0.717, 1.165) is 54.3 Å². The van der Waals surface area contributed by atoms with Crippen LogP contribution in [0.25, 0.3) is 22.4 Å². The number of fused-ring (bicyclic) bond motifs is 1. The van der Waals surface area contributed by atoms with Gasteiger partial charge in [-0.05, 0) is 49.5 Å². The molecule has 0 radical (unpaired) electrons. The zero-order valence-corrected chi connectivity index (χ0v) is 14.9. The number of aromatic nitrogens is 2. The molecule has 1 aromatic heterocycles. The summed E-state index contributed by atoms with van der Waals surface area (Å²) >= 11 is 0. The topological polar surface area (TPSA) is 44.4 Å².